The SMILES string of the molecule is Clc1ccc(Cl)c(Oc2ccccc2-c2c[nH]nc2-c2ccccc2Cl)c1. The zero-order valence-electron chi connectivity index (χ0n) is 13.9. The van der Waals surface area contributed by atoms with Crippen LogP contribution in [0.5, 0.6) is 11.5 Å². The molecule has 0 atom stereocenters. The summed E-state index contributed by atoms with van der Waals surface area (Å²) in [6, 6.07) is 20.3. The summed E-state index contributed by atoms with van der Waals surface area (Å²) >= 11 is 18.7. The smallest absolute Gasteiger partial charge is 0.147 e. The van der Waals surface area contributed by atoms with Gasteiger partial charge in [-0.2, -0.15) is 5.10 Å². The molecule has 3 nitrogen and oxygen atoms in total. The molecule has 1 heterocycles. The second-order valence-electron chi connectivity index (χ2n) is 5.80. The highest BCUT2D eigenvalue weighted by Crippen LogP contribution is 2.41. The molecule has 0 aliphatic carbocycles. The van der Waals surface area contributed by atoms with E-state index in [1.807, 2.05) is 54.7 Å². The minimum atomic E-state index is 0.479. The first kappa shape index (κ1) is 17.9. The summed E-state index contributed by atoms with van der Waals surface area (Å²) < 4.78 is 6.07. The van der Waals surface area contributed by atoms with Gasteiger partial charge in [0.25, 0.3) is 0 Å². The standard InChI is InChI=1S/C21H13Cl3N2O/c22-13-9-10-18(24)20(11-13)27-19-8-4-2-5-14(19)16-12-25-26-21(16)15-6-1-3-7-17(15)23/h1-12H,(H,25,26). The van der Waals surface area contributed by atoms with E-state index < -0.39 is 0 Å². The molecule has 27 heavy (non-hydrogen) atoms. The van der Waals surface area contributed by atoms with Crippen molar-refractivity contribution in [2.45, 2.75) is 0 Å². The number of hydrogen-bond donors (Lipinski definition) is 1. The Morgan fingerprint density at radius 2 is 1.44 bits per heavy atom. The van der Waals surface area contributed by atoms with Crippen LogP contribution >= 0.6 is 34.8 Å². The van der Waals surface area contributed by atoms with Crippen LogP contribution in [0.4, 0.5) is 0 Å². The van der Waals surface area contributed by atoms with Gasteiger partial charge in [0.15, 0.2) is 0 Å². The summed E-state index contributed by atoms with van der Waals surface area (Å²) in [4.78, 5) is 0. The lowest BCUT2D eigenvalue weighted by Gasteiger charge is -2.13. The predicted octanol–water partition coefficient (Wildman–Crippen LogP) is 7.50. The van der Waals surface area contributed by atoms with Gasteiger partial charge >= 0.3 is 0 Å². The van der Waals surface area contributed by atoms with Crippen molar-refractivity contribution in [2.24, 2.45) is 0 Å². The topological polar surface area (TPSA) is 37.9 Å². The molecule has 0 fully saturated rings. The number of ether oxygens (including phenoxy) is 1. The van der Waals surface area contributed by atoms with Crippen LogP contribution in [-0.2, 0) is 0 Å². The van der Waals surface area contributed by atoms with Gasteiger partial charge in [-0.25, -0.2) is 0 Å². The molecule has 3 aromatic carbocycles. The average Bonchev–Trinajstić information content (AvgIpc) is 3.15. The van der Waals surface area contributed by atoms with Crippen molar-refractivity contribution in [3.63, 3.8) is 0 Å². The number of para-hydroxylation sites is 1. The number of nitrogens with one attached hydrogen (secondary N) is 1. The number of aromatic nitrogens is 2. The summed E-state index contributed by atoms with van der Waals surface area (Å²) in [6.07, 6.45) is 1.82. The molecular formula is C21H13Cl3N2O. The van der Waals surface area contributed by atoms with E-state index in [9.17, 15) is 0 Å². The van der Waals surface area contributed by atoms with Crippen LogP contribution in [-0.4, -0.2) is 10.2 Å². The van der Waals surface area contributed by atoms with Gasteiger partial charge in [-0.05, 0) is 24.3 Å². The van der Waals surface area contributed by atoms with Crippen molar-refractivity contribution in [2.75, 3.05) is 0 Å². The molecule has 0 spiro atoms. The summed E-state index contributed by atoms with van der Waals surface area (Å²) in [5, 5.41) is 8.97. The maximum atomic E-state index is 6.37. The lowest BCUT2D eigenvalue weighted by Crippen LogP contribution is -1.90. The van der Waals surface area contributed by atoms with E-state index in [1.165, 1.54) is 0 Å². The number of hydrogen-bond acceptors (Lipinski definition) is 2. The normalized spacial score (nSPS) is 10.8. The Balaban J connectivity index is 1.80. The summed E-state index contributed by atoms with van der Waals surface area (Å²) in [6.45, 7) is 0. The molecule has 0 unspecified atom stereocenters. The van der Waals surface area contributed by atoms with E-state index in [-0.39, 0.29) is 0 Å². The Labute approximate surface area is 171 Å². The fourth-order valence-corrected chi connectivity index (χ4v) is 3.35. The van der Waals surface area contributed by atoms with Gasteiger partial charge in [0.05, 0.1) is 10.0 Å². The van der Waals surface area contributed by atoms with Crippen molar-refractivity contribution in [1.29, 1.82) is 0 Å². The summed E-state index contributed by atoms with van der Waals surface area (Å²) in [7, 11) is 0. The third-order valence-corrected chi connectivity index (χ3v) is 4.94. The van der Waals surface area contributed by atoms with Gasteiger partial charge < -0.3 is 4.74 Å². The van der Waals surface area contributed by atoms with E-state index in [4.69, 9.17) is 39.5 Å². The molecule has 0 saturated heterocycles. The van der Waals surface area contributed by atoms with Crippen molar-refractivity contribution in [3.05, 3.63) is 88.0 Å². The zero-order chi connectivity index (χ0) is 18.8. The van der Waals surface area contributed by atoms with Crippen molar-refractivity contribution >= 4 is 34.8 Å². The molecule has 1 N–H and O–H groups in total. The fraction of sp³-hybridized carbons (Fsp3) is 0. The second-order valence-corrected chi connectivity index (χ2v) is 7.05. The van der Waals surface area contributed by atoms with Crippen LogP contribution in [0, 0.1) is 0 Å². The molecular weight excluding hydrogens is 403 g/mol. The van der Waals surface area contributed by atoms with Gasteiger partial charge in [0.1, 0.15) is 17.2 Å². The lowest BCUT2D eigenvalue weighted by molar-refractivity contribution is 0.485. The van der Waals surface area contributed by atoms with E-state index in [0.717, 1.165) is 22.4 Å². The Kier molecular flexibility index (Phi) is 5.08. The van der Waals surface area contributed by atoms with E-state index >= 15 is 0 Å². The largest absolute Gasteiger partial charge is 0.455 e. The number of halogens is 3. The Hall–Kier alpha value is -2.46. The number of aromatic amines is 1. The molecule has 0 bridgehead atoms. The lowest BCUT2D eigenvalue weighted by atomic mass is 10.0. The van der Waals surface area contributed by atoms with Gasteiger partial charge in [-0.3, -0.25) is 5.10 Å². The maximum Gasteiger partial charge on any atom is 0.147 e. The third kappa shape index (κ3) is 3.67. The van der Waals surface area contributed by atoms with Crippen molar-refractivity contribution in [1.82, 2.24) is 10.2 Å². The van der Waals surface area contributed by atoms with E-state index in [1.54, 1.807) is 18.2 Å². The number of H-pyrrole nitrogens is 1. The molecule has 0 aliphatic rings. The molecule has 134 valence electrons. The van der Waals surface area contributed by atoms with Crippen LogP contribution < -0.4 is 4.74 Å². The van der Waals surface area contributed by atoms with E-state index in [2.05, 4.69) is 10.2 Å². The number of rotatable bonds is 4. The molecule has 6 heteroatoms. The number of benzene rings is 3. The number of nitrogens with zero attached hydrogens (tertiary/aromatic N) is 1. The molecule has 0 amide bonds. The zero-order valence-corrected chi connectivity index (χ0v) is 16.2. The molecule has 0 aliphatic heterocycles. The maximum absolute atomic E-state index is 6.37. The first-order valence-corrected chi connectivity index (χ1v) is 9.28. The fourth-order valence-electron chi connectivity index (χ4n) is 2.81. The first-order valence-electron chi connectivity index (χ1n) is 8.14. The highest BCUT2D eigenvalue weighted by atomic mass is 35.5. The molecule has 4 rings (SSSR count). The minimum Gasteiger partial charge on any atom is -0.455 e. The average molecular weight is 416 g/mol. The van der Waals surface area contributed by atoms with Crippen LogP contribution in [0.1, 0.15) is 0 Å². The van der Waals surface area contributed by atoms with Crippen LogP contribution in [0.3, 0.4) is 0 Å². The van der Waals surface area contributed by atoms with Crippen LogP contribution in [0.15, 0.2) is 72.9 Å². The van der Waals surface area contributed by atoms with Crippen LogP contribution in [0.25, 0.3) is 22.4 Å². The Morgan fingerprint density at radius 1 is 0.704 bits per heavy atom. The summed E-state index contributed by atoms with van der Waals surface area (Å²) in [5.41, 5.74) is 3.31. The van der Waals surface area contributed by atoms with E-state index in [0.29, 0.717) is 26.6 Å². The highest BCUT2D eigenvalue weighted by Gasteiger charge is 2.17. The minimum absolute atomic E-state index is 0.479. The molecule has 0 radical (unpaired) electrons. The Morgan fingerprint density at radius 3 is 2.26 bits per heavy atom. The molecule has 4 aromatic rings. The van der Waals surface area contributed by atoms with Gasteiger partial charge in [-0.15, -0.1) is 0 Å². The highest BCUT2D eigenvalue weighted by molar-refractivity contribution is 6.34. The monoisotopic (exact) mass is 414 g/mol. The van der Waals surface area contributed by atoms with Crippen LogP contribution in [0.2, 0.25) is 15.1 Å². The predicted molar refractivity (Wildman–Crippen MR) is 111 cm³/mol. The second kappa shape index (κ2) is 7.65. The quantitative estimate of drug-likeness (QED) is 0.375. The Bertz CT molecular complexity index is 1110. The summed E-state index contributed by atoms with van der Waals surface area (Å²) in [5.74, 6) is 1.12. The molecule has 1 aromatic heterocycles. The first-order chi connectivity index (χ1) is 13.1. The van der Waals surface area contributed by atoms with Gasteiger partial charge in [0, 0.05) is 34.0 Å². The third-order valence-electron chi connectivity index (χ3n) is 4.06. The van der Waals surface area contributed by atoms with Crippen molar-refractivity contribution in [3.8, 4) is 33.9 Å². The molecule has 0 saturated carbocycles. The van der Waals surface area contributed by atoms with Gasteiger partial charge in [-0.1, -0.05) is 71.2 Å². The van der Waals surface area contributed by atoms with Crippen molar-refractivity contribution < 1.29 is 4.74 Å². The van der Waals surface area contributed by atoms with Gasteiger partial charge in [0.2, 0.25) is 0 Å².